The Balaban J connectivity index is 2.17. The third kappa shape index (κ3) is 4.78. The Hall–Kier alpha value is -2.42. The predicted octanol–water partition coefficient (Wildman–Crippen LogP) is 4.55. The minimum Gasteiger partial charge on any atom is -0.274 e. The zero-order chi connectivity index (χ0) is 16.5. The highest BCUT2D eigenvalue weighted by Gasteiger charge is 2.23. The molecule has 0 spiro atoms. The van der Waals surface area contributed by atoms with Crippen LogP contribution in [-0.4, -0.2) is 23.3 Å². The normalized spacial score (nSPS) is 10.3. The first-order valence-electron chi connectivity index (χ1n) is 8.20. The van der Waals surface area contributed by atoms with E-state index in [0.29, 0.717) is 17.7 Å². The molecule has 0 aliphatic heterocycles. The van der Waals surface area contributed by atoms with Crippen molar-refractivity contribution < 1.29 is 9.59 Å². The number of nitrogens with zero attached hydrogens (tertiary/aromatic N) is 1. The van der Waals surface area contributed by atoms with Crippen LogP contribution in [0, 0.1) is 0 Å². The maximum absolute atomic E-state index is 12.7. The number of amides is 2. The topological polar surface area (TPSA) is 37.4 Å². The summed E-state index contributed by atoms with van der Waals surface area (Å²) in [5, 5.41) is 0. The number of carbonyl (C=O) groups is 2. The first-order chi connectivity index (χ1) is 11.2. The van der Waals surface area contributed by atoms with Crippen LogP contribution in [0.5, 0.6) is 0 Å². The van der Waals surface area contributed by atoms with Crippen molar-refractivity contribution in [3.05, 3.63) is 71.8 Å². The highest BCUT2D eigenvalue weighted by atomic mass is 16.2. The van der Waals surface area contributed by atoms with Crippen LogP contribution in [0.4, 0.5) is 0 Å². The van der Waals surface area contributed by atoms with Gasteiger partial charge in [0.2, 0.25) is 0 Å². The largest absolute Gasteiger partial charge is 0.274 e. The van der Waals surface area contributed by atoms with Crippen LogP contribution in [0.15, 0.2) is 60.7 Å². The molecule has 23 heavy (non-hydrogen) atoms. The van der Waals surface area contributed by atoms with E-state index >= 15 is 0 Å². The van der Waals surface area contributed by atoms with E-state index in [2.05, 4.69) is 6.92 Å². The third-order valence-corrected chi connectivity index (χ3v) is 3.77. The molecular weight excluding hydrogens is 286 g/mol. The summed E-state index contributed by atoms with van der Waals surface area (Å²) in [5.41, 5.74) is 1.10. The standard InChI is InChI=1S/C20H23NO2/c1-2-3-4-11-16-21(19(22)17-12-7-5-8-13-17)20(23)18-14-9-6-10-15-18/h5-10,12-15H,2-4,11,16H2,1H3. The summed E-state index contributed by atoms with van der Waals surface area (Å²) in [6.07, 6.45) is 4.11. The van der Waals surface area contributed by atoms with Crippen LogP contribution < -0.4 is 0 Å². The maximum Gasteiger partial charge on any atom is 0.260 e. The Morgan fingerprint density at radius 1 is 0.739 bits per heavy atom. The lowest BCUT2D eigenvalue weighted by Gasteiger charge is -2.21. The van der Waals surface area contributed by atoms with Gasteiger partial charge in [-0.05, 0) is 30.7 Å². The second kappa shape index (κ2) is 8.89. The van der Waals surface area contributed by atoms with E-state index in [1.807, 2.05) is 36.4 Å². The monoisotopic (exact) mass is 309 g/mol. The molecule has 2 rings (SSSR count). The van der Waals surface area contributed by atoms with Crippen LogP contribution in [0.25, 0.3) is 0 Å². The zero-order valence-corrected chi connectivity index (χ0v) is 13.6. The van der Waals surface area contributed by atoms with E-state index in [9.17, 15) is 9.59 Å². The molecule has 0 saturated carbocycles. The van der Waals surface area contributed by atoms with Gasteiger partial charge in [0.25, 0.3) is 11.8 Å². The van der Waals surface area contributed by atoms with E-state index in [1.54, 1.807) is 24.3 Å². The number of imide groups is 1. The van der Waals surface area contributed by atoms with Gasteiger partial charge in [-0.1, -0.05) is 62.6 Å². The van der Waals surface area contributed by atoms with Crippen molar-refractivity contribution in [2.75, 3.05) is 6.54 Å². The first kappa shape index (κ1) is 16.9. The van der Waals surface area contributed by atoms with Crippen LogP contribution >= 0.6 is 0 Å². The number of unbranched alkanes of at least 4 members (excludes halogenated alkanes) is 3. The molecule has 0 bridgehead atoms. The number of benzene rings is 2. The summed E-state index contributed by atoms with van der Waals surface area (Å²) < 4.78 is 0. The molecule has 2 amide bonds. The van der Waals surface area contributed by atoms with Crippen LogP contribution in [0.3, 0.4) is 0 Å². The van der Waals surface area contributed by atoms with Gasteiger partial charge in [0.1, 0.15) is 0 Å². The van der Waals surface area contributed by atoms with Gasteiger partial charge in [0, 0.05) is 17.7 Å². The minimum absolute atomic E-state index is 0.226. The zero-order valence-electron chi connectivity index (χ0n) is 13.6. The molecule has 3 nitrogen and oxygen atoms in total. The van der Waals surface area contributed by atoms with Crippen molar-refractivity contribution in [1.29, 1.82) is 0 Å². The molecule has 120 valence electrons. The molecule has 0 N–H and O–H groups in total. The molecule has 0 radical (unpaired) electrons. The van der Waals surface area contributed by atoms with E-state index in [4.69, 9.17) is 0 Å². The first-order valence-corrected chi connectivity index (χ1v) is 8.20. The van der Waals surface area contributed by atoms with Gasteiger partial charge in [0.05, 0.1) is 0 Å². The molecule has 0 aliphatic rings. The van der Waals surface area contributed by atoms with E-state index in [0.717, 1.165) is 25.7 Å². The number of hydrogen-bond acceptors (Lipinski definition) is 2. The van der Waals surface area contributed by atoms with E-state index in [-0.39, 0.29) is 11.8 Å². The average Bonchev–Trinajstić information content (AvgIpc) is 2.62. The van der Waals surface area contributed by atoms with Gasteiger partial charge in [-0.25, -0.2) is 0 Å². The highest BCUT2D eigenvalue weighted by molar-refractivity contribution is 6.10. The van der Waals surface area contributed by atoms with Crippen molar-refractivity contribution in [2.45, 2.75) is 32.6 Å². The van der Waals surface area contributed by atoms with Gasteiger partial charge in [-0.2, -0.15) is 0 Å². The molecule has 0 aromatic heterocycles. The Morgan fingerprint density at radius 2 is 1.22 bits per heavy atom. The second-order valence-corrected chi connectivity index (χ2v) is 5.55. The van der Waals surface area contributed by atoms with Gasteiger partial charge in [-0.3, -0.25) is 14.5 Å². The quantitative estimate of drug-likeness (QED) is 0.556. The lowest BCUT2D eigenvalue weighted by Crippen LogP contribution is -2.37. The van der Waals surface area contributed by atoms with Gasteiger partial charge in [-0.15, -0.1) is 0 Å². The smallest absolute Gasteiger partial charge is 0.260 e. The van der Waals surface area contributed by atoms with Crippen LogP contribution in [0.2, 0.25) is 0 Å². The van der Waals surface area contributed by atoms with Crippen LogP contribution in [0.1, 0.15) is 53.3 Å². The van der Waals surface area contributed by atoms with E-state index in [1.165, 1.54) is 4.90 Å². The van der Waals surface area contributed by atoms with Crippen LogP contribution in [-0.2, 0) is 0 Å². The number of rotatable bonds is 7. The predicted molar refractivity (Wildman–Crippen MR) is 92.4 cm³/mol. The van der Waals surface area contributed by atoms with Crippen molar-refractivity contribution in [3.63, 3.8) is 0 Å². The summed E-state index contributed by atoms with van der Waals surface area (Å²) >= 11 is 0. The SMILES string of the molecule is CCCCCCN(C(=O)c1ccccc1)C(=O)c1ccccc1. The summed E-state index contributed by atoms with van der Waals surface area (Å²) in [4.78, 5) is 26.8. The maximum atomic E-state index is 12.7. The molecule has 2 aromatic carbocycles. The Bertz CT molecular complexity index is 571. The fraction of sp³-hybridized carbons (Fsp3) is 0.300. The lowest BCUT2D eigenvalue weighted by atomic mass is 10.1. The summed E-state index contributed by atoms with van der Waals surface area (Å²) in [6.45, 7) is 2.60. The molecule has 0 aliphatic carbocycles. The fourth-order valence-corrected chi connectivity index (χ4v) is 2.47. The van der Waals surface area contributed by atoms with Gasteiger partial charge in [0.15, 0.2) is 0 Å². The molecule has 0 unspecified atom stereocenters. The molecule has 3 heteroatoms. The van der Waals surface area contributed by atoms with Crippen molar-refractivity contribution in [2.24, 2.45) is 0 Å². The lowest BCUT2D eigenvalue weighted by molar-refractivity contribution is 0.0613. The second-order valence-electron chi connectivity index (χ2n) is 5.55. The summed E-state index contributed by atoms with van der Waals surface area (Å²) in [7, 11) is 0. The molecule has 0 saturated heterocycles. The Morgan fingerprint density at radius 3 is 1.65 bits per heavy atom. The molecule has 2 aromatic rings. The van der Waals surface area contributed by atoms with Crippen molar-refractivity contribution in [3.8, 4) is 0 Å². The minimum atomic E-state index is -0.226. The Kier molecular flexibility index (Phi) is 6.55. The van der Waals surface area contributed by atoms with Crippen molar-refractivity contribution >= 4 is 11.8 Å². The molecule has 0 atom stereocenters. The molecule has 0 fully saturated rings. The van der Waals surface area contributed by atoms with E-state index < -0.39 is 0 Å². The third-order valence-electron chi connectivity index (χ3n) is 3.77. The fourth-order valence-electron chi connectivity index (χ4n) is 2.47. The van der Waals surface area contributed by atoms with Gasteiger partial charge >= 0.3 is 0 Å². The Labute approximate surface area is 137 Å². The van der Waals surface area contributed by atoms with Crippen molar-refractivity contribution in [1.82, 2.24) is 4.90 Å². The number of carbonyl (C=O) groups excluding carboxylic acids is 2. The molecular formula is C20H23NO2. The summed E-state index contributed by atoms with van der Waals surface area (Å²) in [5.74, 6) is -0.452. The summed E-state index contributed by atoms with van der Waals surface area (Å²) in [6, 6.07) is 18.0. The van der Waals surface area contributed by atoms with Gasteiger partial charge < -0.3 is 0 Å². The number of hydrogen-bond donors (Lipinski definition) is 0. The average molecular weight is 309 g/mol. The molecule has 0 heterocycles. The highest BCUT2D eigenvalue weighted by Crippen LogP contribution is 2.12.